The van der Waals surface area contributed by atoms with Crippen LogP contribution in [0.5, 0.6) is 0 Å². The zero-order valence-corrected chi connectivity index (χ0v) is 11.2. The van der Waals surface area contributed by atoms with Gasteiger partial charge in [-0.05, 0) is 36.3 Å². The van der Waals surface area contributed by atoms with E-state index in [1.165, 1.54) is 36.8 Å². The summed E-state index contributed by atoms with van der Waals surface area (Å²) in [5.41, 5.74) is 9.13. The molecule has 0 amide bonds. The van der Waals surface area contributed by atoms with Crippen molar-refractivity contribution in [3.63, 3.8) is 0 Å². The van der Waals surface area contributed by atoms with Crippen molar-refractivity contribution in [2.45, 2.75) is 44.1 Å². The summed E-state index contributed by atoms with van der Waals surface area (Å²) in [5.74, 6) is 0.735. The summed E-state index contributed by atoms with van der Waals surface area (Å²) in [6.07, 6.45) is 4.73. The molecular weight excluding hydrogens is 222 g/mol. The van der Waals surface area contributed by atoms with Gasteiger partial charge in [-0.3, -0.25) is 0 Å². The highest BCUT2D eigenvalue weighted by molar-refractivity contribution is 5.33. The van der Waals surface area contributed by atoms with Crippen molar-refractivity contribution >= 4 is 0 Å². The van der Waals surface area contributed by atoms with Crippen molar-refractivity contribution in [3.05, 3.63) is 35.4 Å². The maximum atomic E-state index is 5.95. The molecule has 0 bridgehead atoms. The summed E-state index contributed by atoms with van der Waals surface area (Å²) in [5, 5.41) is 0. The molecule has 0 atom stereocenters. The van der Waals surface area contributed by atoms with Gasteiger partial charge in [0.2, 0.25) is 0 Å². The van der Waals surface area contributed by atoms with Gasteiger partial charge in [-0.1, -0.05) is 37.6 Å². The molecule has 3 rings (SSSR count). The van der Waals surface area contributed by atoms with Gasteiger partial charge in [0, 0.05) is 11.5 Å². The minimum Gasteiger partial charge on any atom is -0.379 e. The molecule has 0 aromatic heterocycles. The Bertz CT molecular complexity index is 402. The van der Waals surface area contributed by atoms with Crippen LogP contribution in [-0.2, 0) is 16.6 Å². The lowest BCUT2D eigenvalue weighted by Crippen LogP contribution is -2.58. The fourth-order valence-electron chi connectivity index (χ4n) is 3.37. The molecule has 1 aliphatic carbocycles. The van der Waals surface area contributed by atoms with E-state index in [-0.39, 0.29) is 5.41 Å². The lowest BCUT2D eigenvalue weighted by Gasteiger charge is -2.53. The van der Waals surface area contributed by atoms with Gasteiger partial charge in [0.25, 0.3) is 0 Å². The van der Waals surface area contributed by atoms with Crippen LogP contribution < -0.4 is 5.73 Å². The van der Waals surface area contributed by atoms with Gasteiger partial charge in [-0.15, -0.1) is 0 Å². The smallest absolute Gasteiger partial charge is 0.0588 e. The standard InChI is InChI=1S/C16H23NO/c1-2-3-12-4-6-13(7-5-12)16(10-18-11-16)14-8-15(17)9-14/h4-7,14-15H,2-3,8-11,17H2,1H3. The van der Waals surface area contributed by atoms with Crippen LogP contribution in [0.2, 0.25) is 0 Å². The van der Waals surface area contributed by atoms with Crippen LogP contribution in [0.25, 0.3) is 0 Å². The van der Waals surface area contributed by atoms with E-state index in [2.05, 4.69) is 31.2 Å². The lowest BCUT2D eigenvalue weighted by atomic mass is 9.59. The van der Waals surface area contributed by atoms with Crippen LogP contribution in [0.3, 0.4) is 0 Å². The predicted molar refractivity (Wildman–Crippen MR) is 73.6 cm³/mol. The quantitative estimate of drug-likeness (QED) is 0.885. The van der Waals surface area contributed by atoms with Crippen LogP contribution in [0.1, 0.15) is 37.3 Å². The summed E-state index contributed by atoms with van der Waals surface area (Å²) in [4.78, 5) is 0. The first-order chi connectivity index (χ1) is 8.74. The van der Waals surface area contributed by atoms with E-state index >= 15 is 0 Å². The maximum absolute atomic E-state index is 5.95. The third-order valence-electron chi connectivity index (χ3n) is 4.74. The second-order valence-corrected chi connectivity index (χ2v) is 6.02. The number of aryl methyl sites for hydroxylation is 1. The summed E-state index contributed by atoms with van der Waals surface area (Å²) >= 11 is 0. The zero-order chi connectivity index (χ0) is 12.6. The molecular formula is C16H23NO. The van der Waals surface area contributed by atoms with E-state index in [1.807, 2.05) is 0 Å². The molecule has 2 aliphatic rings. The normalized spacial score (nSPS) is 29.4. The summed E-state index contributed by atoms with van der Waals surface area (Å²) < 4.78 is 5.52. The van der Waals surface area contributed by atoms with Gasteiger partial charge >= 0.3 is 0 Å². The lowest BCUT2D eigenvalue weighted by molar-refractivity contribution is -0.111. The summed E-state index contributed by atoms with van der Waals surface area (Å²) in [6, 6.07) is 9.64. The van der Waals surface area contributed by atoms with E-state index in [1.54, 1.807) is 0 Å². The van der Waals surface area contributed by atoms with Crippen LogP contribution >= 0.6 is 0 Å². The number of ether oxygens (including phenoxy) is 1. The minimum absolute atomic E-state index is 0.278. The van der Waals surface area contributed by atoms with E-state index < -0.39 is 0 Å². The predicted octanol–water partition coefficient (Wildman–Crippen LogP) is 2.64. The van der Waals surface area contributed by atoms with E-state index in [9.17, 15) is 0 Å². The van der Waals surface area contributed by atoms with Crippen LogP contribution in [0.15, 0.2) is 24.3 Å². The van der Waals surface area contributed by atoms with E-state index in [4.69, 9.17) is 10.5 Å². The minimum atomic E-state index is 0.278. The molecule has 1 aromatic carbocycles. The van der Waals surface area contributed by atoms with E-state index in [0.29, 0.717) is 6.04 Å². The molecule has 18 heavy (non-hydrogen) atoms. The molecule has 2 nitrogen and oxygen atoms in total. The molecule has 0 radical (unpaired) electrons. The molecule has 1 saturated carbocycles. The molecule has 2 N–H and O–H groups in total. The topological polar surface area (TPSA) is 35.2 Å². The van der Waals surface area contributed by atoms with Crippen molar-refractivity contribution in [1.82, 2.24) is 0 Å². The van der Waals surface area contributed by atoms with Crippen molar-refractivity contribution in [2.75, 3.05) is 13.2 Å². The van der Waals surface area contributed by atoms with Crippen molar-refractivity contribution in [2.24, 2.45) is 11.7 Å². The second-order valence-electron chi connectivity index (χ2n) is 6.02. The van der Waals surface area contributed by atoms with Crippen LogP contribution in [0, 0.1) is 5.92 Å². The van der Waals surface area contributed by atoms with Crippen molar-refractivity contribution in [3.8, 4) is 0 Å². The Morgan fingerprint density at radius 3 is 2.33 bits per heavy atom. The first-order valence-corrected chi connectivity index (χ1v) is 7.17. The average molecular weight is 245 g/mol. The van der Waals surface area contributed by atoms with Gasteiger partial charge in [0.15, 0.2) is 0 Å². The van der Waals surface area contributed by atoms with Crippen LogP contribution in [0.4, 0.5) is 0 Å². The molecule has 0 spiro atoms. The average Bonchev–Trinajstić information content (AvgIpc) is 2.28. The number of hydrogen-bond acceptors (Lipinski definition) is 2. The Labute approximate surface area is 110 Å². The highest BCUT2D eigenvalue weighted by Crippen LogP contribution is 2.48. The highest BCUT2D eigenvalue weighted by atomic mass is 16.5. The zero-order valence-electron chi connectivity index (χ0n) is 11.2. The summed E-state index contributed by atoms with van der Waals surface area (Å²) in [7, 11) is 0. The van der Waals surface area contributed by atoms with Gasteiger partial charge in [-0.25, -0.2) is 0 Å². The van der Waals surface area contributed by atoms with Crippen molar-refractivity contribution in [1.29, 1.82) is 0 Å². The largest absolute Gasteiger partial charge is 0.379 e. The SMILES string of the molecule is CCCc1ccc(C2(C3CC(N)C3)COC2)cc1. The first kappa shape index (κ1) is 12.2. The van der Waals surface area contributed by atoms with Gasteiger partial charge < -0.3 is 10.5 Å². The number of benzene rings is 1. The molecule has 0 unspecified atom stereocenters. The number of rotatable bonds is 4. The third-order valence-corrected chi connectivity index (χ3v) is 4.74. The Morgan fingerprint density at radius 2 is 1.89 bits per heavy atom. The molecule has 1 aromatic rings. The van der Waals surface area contributed by atoms with Gasteiger partial charge in [-0.2, -0.15) is 0 Å². The monoisotopic (exact) mass is 245 g/mol. The Morgan fingerprint density at radius 1 is 1.22 bits per heavy atom. The highest BCUT2D eigenvalue weighted by Gasteiger charge is 2.50. The molecule has 1 saturated heterocycles. The van der Waals surface area contributed by atoms with Gasteiger partial charge in [0.1, 0.15) is 0 Å². The fourth-order valence-corrected chi connectivity index (χ4v) is 3.37. The Kier molecular flexibility index (Phi) is 3.16. The Balaban J connectivity index is 1.79. The fraction of sp³-hybridized carbons (Fsp3) is 0.625. The molecule has 2 fully saturated rings. The molecule has 2 heteroatoms. The second kappa shape index (κ2) is 4.67. The molecule has 1 heterocycles. The van der Waals surface area contributed by atoms with Crippen LogP contribution in [-0.4, -0.2) is 19.3 Å². The third kappa shape index (κ3) is 1.88. The van der Waals surface area contributed by atoms with E-state index in [0.717, 1.165) is 19.1 Å². The molecule has 98 valence electrons. The molecule has 1 aliphatic heterocycles. The first-order valence-electron chi connectivity index (χ1n) is 7.17. The number of hydrogen-bond donors (Lipinski definition) is 1. The van der Waals surface area contributed by atoms with Gasteiger partial charge in [0.05, 0.1) is 13.2 Å². The van der Waals surface area contributed by atoms with Crippen molar-refractivity contribution < 1.29 is 4.74 Å². The Hall–Kier alpha value is -0.860. The number of nitrogens with two attached hydrogens (primary N) is 1. The summed E-state index contributed by atoms with van der Waals surface area (Å²) in [6.45, 7) is 4.00. The maximum Gasteiger partial charge on any atom is 0.0588 e.